The maximum Gasteiger partial charge on any atom is 0.261 e. The van der Waals surface area contributed by atoms with Crippen molar-refractivity contribution in [2.24, 2.45) is 0 Å². The van der Waals surface area contributed by atoms with Crippen LogP contribution in [0.25, 0.3) is 0 Å². The van der Waals surface area contributed by atoms with Gasteiger partial charge >= 0.3 is 0 Å². The minimum atomic E-state index is -2.54. The highest BCUT2D eigenvalue weighted by atomic mass is 28.4. The summed E-state index contributed by atoms with van der Waals surface area (Å²) in [6, 6.07) is 21.3. The van der Waals surface area contributed by atoms with Crippen LogP contribution in [-0.2, 0) is 4.43 Å². The van der Waals surface area contributed by atoms with Gasteiger partial charge in [0.1, 0.15) is 0 Å². The average Bonchev–Trinajstić information content (AvgIpc) is 2.66. The lowest BCUT2D eigenvalue weighted by Gasteiger charge is -2.45. The maximum absolute atomic E-state index is 10.5. The van der Waals surface area contributed by atoms with Gasteiger partial charge in [0.2, 0.25) is 0 Å². The van der Waals surface area contributed by atoms with Crippen LogP contribution in [-0.4, -0.2) is 25.6 Å². The van der Waals surface area contributed by atoms with E-state index in [4.69, 9.17) is 4.43 Å². The molecule has 0 unspecified atom stereocenters. The fourth-order valence-corrected chi connectivity index (χ4v) is 8.75. The van der Waals surface area contributed by atoms with Gasteiger partial charge in [-0.25, -0.2) is 0 Å². The molecule has 2 aromatic rings. The molecule has 0 aromatic heterocycles. The first kappa shape index (κ1) is 22.6. The first-order valence-corrected chi connectivity index (χ1v) is 12.3. The molecule has 0 aliphatic carbocycles. The van der Waals surface area contributed by atoms with Crippen LogP contribution in [0, 0.1) is 0 Å². The lowest BCUT2D eigenvalue weighted by molar-refractivity contribution is 0.0908. The van der Waals surface area contributed by atoms with Crippen LogP contribution in [0.15, 0.2) is 73.3 Å². The number of aliphatic hydroxyl groups excluding tert-OH is 1. The van der Waals surface area contributed by atoms with Crippen molar-refractivity contribution in [3.8, 4) is 0 Å². The third kappa shape index (κ3) is 5.44. The van der Waals surface area contributed by atoms with Gasteiger partial charge in [-0.15, -0.1) is 6.58 Å². The van der Waals surface area contributed by atoms with E-state index >= 15 is 0 Å². The largest absolute Gasteiger partial charge is 0.405 e. The molecule has 2 nitrogen and oxygen atoms in total. The first-order valence-electron chi connectivity index (χ1n) is 10.4. The summed E-state index contributed by atoms with van der Waals surface area (Å²) in [6.07, 6.45) is 4.91. The van der Waals surface area contributed by atoms with Crippen LogP contribution in [0.1, 0.15) is 53.4 Å². The number of rotatable bonds is 10. The number of unbranched alkanes of at least 4 members (excludes halogenated alkanes) is 1. The van der Waals surface area contributed by atoms with Crippen molar-refractivity contribution < 1.29 is 9.53 Å². The SMILES string of the molecule is C=CCCC[C@@H](O)C[C@@H](C)O[Si](c1ccccc1)(c1ccccc1)C(C)(C)C. The Morgan fingerprint density at radius 3 is 1.93 bits per heavy atom. The van der Waals surface area contributed by atoms with Crippen molar-refractivity contribution >= 4 is 18.7 Å². The second-order valence-corrected chi connectivity index (χ2v) is 13.0. The van der Waals surface area contributed by atoms with Gasteiger partial charge in [0.15, 0.2) is 0 Å². The summed E-state index contributed by atoms with van der Waals surface area (Å²) in [7, 11) is -2.54. The fraction of sp³-hybridized carbons (Fsp3) is 0.440. The maximum atomic E-state index is 10.5. The van der Waals surface area contributed by atoms with E-state index in [0.717, 1.165) is 19.3 Å². The third-order valence-electron chi connectivity index (χ3n) is 5.34. The van der Waals surface area contributed by atoms with Gasteiger partial charge < -0.3 is 9.53 Å². The third-order valence-corrected chi connectivity index (χ3v) is 10.5. The van der Waals surface area contributed by atoms with E-state index in [-0.39, 0.29) is 17.2 Å². The van der Waals surface area contributed by atoms with E-state index in [1.165, 1.54) is 10.4 Å². The van der Waals surface area contributed by atoms with Crippen LogP contribution in [0.4, 0.5) is 0 Å². The molecule has 0 saturated heterocycles. The van der Waals surface area contributed by atoms with Crippen molar-refractivity contribution in [2.45, 2.75) is 70.6 Å². The Morgan fingerprint density at radius 2 is 1.50 bits per heavy atom. The Bertz CT molecular complexity index is 667. The smallest absolute Gasteiger partial charge is 0.261 e. The van der Waals surface area contributed by atoms with Gasteiger partial charge in [-0.3, -0.25) is 0 Å². The minimum Gasteiger partial charge on any atom is -0.405 e. The molecular weight excluding hydrogens is 360 g/mol. The van der Waals surface area contributed by atoms with Crippen molar-refractivity contribution in [2.75, 3.05) is 0 Å². The predicted molar refractivity (Wildman–Crippen MR) is 123 cm³/mol. The molecule has 0 bridgehead atoms. The van der Waals surface area contributed by atoms with E-state index in [2.05, 4.69) is 94.9 Å². The molecule has 1 N–H and O–H groups in total. The summed E-state index contributed by atoms with van der Waals surface area (Å²) in [5, 5.41) is 13.0. The summed E-state index contributed by atoms with van der Waals surface area (Å²) in [4.78, 5) is 0. The van der Waals surface area contributed by atoms with Crippen LogP contribution in [0.3, 0.4) is 0 Å². The molecule has 2 atom stereocenters. The molecule has 0 fully saturated rings. The predicted octanol–water partition coefficient (Wildman–Crippen LogP) is 5.06. The summed E-state index contributed by atoms with van der Waals surface area (Å²) in [5.41, 5.74) is 0. The van der Waals surface area contributed by atoms with Crippen LogP contribution in [0.2, 0.25) is 5.04 Å². The normalized spacial score (nSPS) is 14.5. The van der Waals surface area contributed by atoms with Crippen molar-refractivity contribution in [1.82, 2.24) is 0 Å². The Balaban J connectivity index is 2.37. The molecule has 2 rings (SSSR count). The molecule has 0 aliphatic heterocycles. The molecule has 152 valence electrons. The Hall–Kier alpha value is -1.68. The van der Waals surface area contributed by atoms with Crippen LogP contribution < -0.4 is 10.4 Å². The van der Waals surface area contributed by atoms with E-state index in [9.17, 15) is 5.11 Å². The Morgan fingerprint density at radius 1 is 1.00 bits per heavy atom. The first-order chi connectivity index (χ1) is 13.3. The number of hydrogen-bond acceptors (Lipinski definition) is 2. The Kier molecular flexibility index (Phi) is 8.23. The highest BCUT2D eigenvalue weighted by Crippen LogP contribution is 2.37. The van der Waals surface area contributed by atoms with Gasteiger partial charge in [-0.2, -0.15) is 0 Å². The molecule has 0 heterocycles. The highest BCUT2D eigenvalue weighted by molar-refractivity contribution is 6.99. The second kappa shape index (κ2) is 10.2. The molecule has 0 spiro atoms. The molecule has 0 aliphatic rings. The van der Waals surface area contributed by atoms with Gasteiger partial charge in [0.05, 0.1) is 6.10 Å². The fourth-order valence-electron chi connectivity index (χ4n) is 4.04. The van der Waals surface area contributed by atoms with E-state index in [1.807, 2.05) is 6.08 Å². The zero-order valence-corrected chi connectivity index (χ0v) is 18.9. The quantitative estimate of drug-likeness (QED) is 0.346. The van der Waals surface area contributed by atoms with Crippen LogP contribution >= 0.6 is 0 Å². The second-order valence-electron chi connectivity index (χ2n) is 8.70. The molecule has 0 saturated carbocycles. The molecule has 0 amide bonds. The van der Waals surface area contributed by atoms with Crippen molar-refractivity contribution in [3.63, 3.8) is 0 Å². The Labute approximate surface area is 172 Å². The van der Waals surface area contributed by atoms with E-state index < -0.39 is 8.32 Å². The summed E-state index contributed by atoms with van der Waals surface area (Å²) in [5.74, 6) is 0. The molecule has 28 heavy (non-hydrogen) atoms. The number of benzene rings is 2. The van der Waals surface area contributed by atoms with E-state index in [1.54, 1.807) is 0 Å². The summed E-state index contributed by atoms with van der Waals surface area (Å²) < 4.78 is 7.01. The molecule has 3 heteroatoms. The molecular formula is C25H36O2Si. The molecule has 0 radical (unpaired) electrons. The lowest BCUT2D eigenvalue weighted by atomic mass is 10.1. The number of allylic oxidation sites excluding steroid dienone is 1. The van der Waals surface area contributed by atoms with Gasteiger partial charge in [0, 0.05) is 6.10 Å². The minimum absolute atomic E-state index is 0.0231. The van der Waals surface area contributed by atoms with Crippen LogP contribution in [0.5, 0.6) is 0 Å². The number of hydrogen-bond donors (Lipinski definition) is 1. The molecule has 2 aromatic carbocycles. The summed E-state index contributed by atoms with van der Waals surface area (Å²) >= 11 is 0. The number of aliphatic hydroxyl groups is 1. The van der Waals surface area contributed by atoms with Gasteiger partial charge in [0.25, 0.3) is 8.32 Å². The van der Waals surface area contributed by atoms with Gasteiger partial charge in [-0.1, -0.05) is 87.5 Å². The highest BCUT2D eigenvalue weighted by Gasteiger charge is 2.51. The van der Waals surface area contributed by atoms with Gasteiger partial charge in [-0.05, 0) is 48.0 Å². The average molecular weight is 397 g/mol. The van der Waals surface area contributed by atoms with Crippen molar-refractivity contribution in [3.05, 3.63) is 73.3 Å². The standard InChI is InChI=1S/C25H36O2Si/c1-6-7-10-15-22(26)20-21(2)27-28(25(3,4)5,23-16-11-8-12-17-23)24-18-13-9-14-19-24/h6,8-9,11-14,16-19,21-22,26H,1,7,10,15,20H2,2-5H3/t21-,22-/m1/s1. The zero-order chi connectivity index (χ0) is 20.6. The monoisotopic (exact) mass is 396 g/mol. The lowest BCUT2D eigenvalue weighted by Crippen LogP contribution is -2.67. The zero-order valence-electron chi connectivity index (χ0n) is 17.9. The van der Waals surface area contributed by atoms with Crippen molar-refractivity contribution in [1.29, 1.82) is 0 Å². The topological polar surface area (TPSA) is 29.5 Å². The summed E-state index contributed by atoms with van der Waals surface area (Å²) in [6.45, 7) is 12.7. The van der Waals surface area contributed by atoms with E-state index in [0.29, 0.717) is 6.42 Å².